The lowest BCUT2D eigenvalue weighted by atomic mass is 10.2. The van der Waals surface area contributed by atoms with Crippen LogP contribution in [0.2, 0.25) is 0 Å². The molecule has 0 bridgehead atoms. The summed E-state index contributed by atoms with van der Waals surface area (Å²) in [6.45, 7) is 0. The number of hydrogen-bond acceptors (Lipinski definition) is 3. The number of nitrogens with zero attached hydrogens (tertiary/aromatic N) is 1. The molecule has 0 atom stereocenters. The van der Waals surface area contributed by atoms with Gasteiger partial charge in [0.05, 0.1) is 6.33 Å². The Morgan fingerprint density at radius 1 is 1.50 bits per heavy atom. The number of hydrogen-bond donors (Lipinski definition) is 2. The van der Waals surface area contributed by atoms with Crippen LogP contribution >= 0.6 is 22.6 Å². The van der Waals surface area contributed by atoms with Crippen molar-refractivity contribution in [1.29, 1.82) is 0 Å². The van der Waals surface area contributed by atoms with Crippen LogP contribution in [0, 0.1) is 3.57 Å². The lowest BCUT2D eigenvalue weighted by Crippen LogP contribution is -2.20. The monoisotopic (exact) mass is 305 g/mol. The van der Waals surface area contributed by atoms with Gasteiger partial charge in [0.25, 0.3) is 5.56 Å². The lowest BCUT2D eigenvalue weighted by molar-refractivity contribution is 0.748. The third-order valence-electron chi connectivity index (χ3n) is 2.49. The molecule has 0 saturated heterocycles. The van der Waals surface area contributed by atoms with E-state index in [0.717, 1.165) is 5.82 Å². The predicted molar refractivity (Wildman–Crippen MR) is 63.5 cm³/mol. The van der Waals surface area contributed by atoms with Gasteiger partial charge in [-0.1, -0.05) is 12.8 Å². The maximum absolute atomic E-state index is 11.3. The van der Waals surface area contributed by atoms with Crippen LogP contribution in [0.25, 0.3) is 0 Å². The molecular weight excluding hydrogens is 293 g/mol. The van der Waals surface area contributed by atoms with Crippen LogP contribution in [0.1, 0.15) is 25.7 Å². The van der Waals surface area contributed by atoms with Gasteiger partial charge in [-0.3, -0.25) is 4.79 Å². The number of nitrogens with one attached hydrogen (secondary N) is 2. The molecule has 1 heterocycles. The fourth-order valence-corrected chi connectivity index (χ4v) is 2.20. The topological polar surface area (TPSA) is 57.8 Å². The van der Waals surface area contributed by atoms with Crippen LogP contribution in [-0.4, -0.2) is 16.0 Å². The smallest absolute Gasteiger partial charge is 0.266 e. The van der Waals surface area contributed by atoms with Crippen molar-refractivity contribution in [3.63, 3.8) is 0 Å². The number of H-pyrrole nitrogens is 1. The molecule has 1 aliphatic rings. The second-order valence-electron chi connectivity index (χ2n) is 3.52. The van der Waals surface area contributed by atoms with Crippen molar-refractivity contribution in [3.05, 3.63) is 20.3 Å². The highest BCUT2D eigenvalue weighted by Crippen LogP contribution is 2.22. The largest absolute Gasteiger partial charge is 0.366 e. The summed E-state index contributed by atoms with van der Waals surface area (Å²) in [7, 11) is 0. The summed E-state index contributed by atoms with van der Waals surface area (Å²) < 4.78 is 0.650. The van der Waals surface area contributed by atoms with Crippen LogP contribution in [0.3, 0.4) is 0 Å². The zero-order chi connectivity index (χ0) is 9.97. The molecule has 1 aromatic rings. The van der Waals surface area contributed by atoms with Gasteiger partial charge in [0.2, 0.25) is 0 Å². The number of halogens is 1. The summed E-state index contributed by atoms with van der Waals surface area (Å²) in [5.74, 6) is 0.723. The average Bonchev–Trinajstić information content (AvgIpc) is 2.66. The molecule has 0 spiro atoms. The Morgan fingerprint density at radius 3 is 2.93 bits per heavy atom. The van der Waals surface area contributed by atoms with E-state index < -0.39 is 0 Å². The number of aromatic amines is 1. The molecule has 1 aliphatic carbocycles. The molecule has 1 saturated carbocycles. The van der Waals surface area contributed by atoms with Gasteiger partial charge >= 0.3 is 0 Å². The van der Waals surface area contributed by atoms with Crippen molar-refractivity contribution in [2.45, 2.75) is 31.7 Å². The zero-order valence-electron chi connectivity index (χ0n) is 7.72. The van der Waals surface area contributed by atoms with E-state index in [1.165, 1.54) is 32.0 Å². The van der Waals surface area contributed by atoms with Crippen molar-refractivity contribution >= 4 is 28.4 Å². The minimum absolute atomic E-state index is 0.0684. The minimum Gasteiger partial charge on any atom is -0.366 e. The summed E-state index contributed by atoms with van der Waals surface area (Å²) in [5, 5.41) is 3.31. The average molecular weight is 305 g/mol. The molecule has 2 N–H and O–H groups in total. The van der Waals surface area contributed by atoms with E-state index in [2.05, 4.69) is 15.3 Å². The Balaban J connectivity index is 2.15. The van der Waals surface area contributed by atoms with E-state index in [0.29, 0.717) is 9.61 Å². The Labute approximate surface area is 95.7 Å². The van der Waals surface area contributed by atoms with E-state index in [1.54, 1.807) is 0 Å². The molecule has 5 heteroatoms. The highest BCUT2D eigenvalue weighted by atomic mass is 127. The van der Waals surface area contributed by atoms with Gasteiger partial charge in [-0.25, -0.2) is 4.98 Å². The molecule has 14 heavy (non-hydrogen) atoms. The molecule has 0 amide bonds. The van der Waals surface area contributed by atoms with Crippen LogP contribution in [0.15, 0.2) is 11.1 Å². The molecule has 0 radical (unpaired) electrons. The molecule has 1 aromatic heterocycles. The molecule has 1 fully saturated rings. The molecule has 76 valence electrons. The summed E-state index contributed by atoms with van der Waals surface area (Å²) in [6.07, 6.45) is 6.37. The molecule has 0 aliphatic heterocycles. The third kappa shape index (κ3) is 2.08. The fourth-order valence-electron chi connectivity index (χ4n) is 1.75. The normalized spacial score (nSPS) is 17.2. The molecular formula is C9H12IN3O. The van der Waals surface area contributed by atoms with E-state index in [1.807, 2.05) is 22.6 Å². The lowest BCUT2D eigenvalue weighted by Gasteiger charge is -2.12. The van der Waals surface area contributed by atoms with E-state index >= 15 is 0 Å². The SMILES string of the molecule is O=c1[nH]cnc(NC2CCCC2)c1I. The molecule has 0 aromatic carbocycles. The first kappa shape index (κ1) is 9.95. The number of anilines is 1. The second kappa shape index (κ2) is 4.29. The van der Waals surface area contributed by atoms with Crippen molar-refractivity contribution < 1.29 is 0 Å². The van der Waals surface area contributed by atoms with Gasteiger partial charge in [-0.2, -0.15) is 0 Å². The quantitative estimate of drug-likeness (QED) is 0.818. The molecule has 4 nitrogen and oxygen atoms in total. The summed E-state index contributed by atoms with van der Waals surface area (Å²) in [5.41, 5.74) is -0.0684. The highest BCUT2D eigenvalue weighted by Gasteiger charge is 2.16. The number of rotatable bonds is 2. The fraction of sp³-hybridized carbons (Fsp3) is 0.556. The standard InChI is InChI=1S/C9H12IN3O/c10-7-8(11-5-12-9(7)14)13-6-3-1-2-4-6/h5-6H,1-4H2,(H2,11,12,13,14). The second-order valence-corrected chi connectivity index (χ2v) is 4.60. The minimum atomic E-state index is -0.0684. The van der Waals surface area contributed by atoms with Crippen molar-refractivity contribution in [3.8, 4) is 0 Å². The Kier molecular flexibility index (Phi) is 3.05. The Bertz CT molecular complexity index is 371. The molecule has 0 unspecified atom stereocenters. The van der Waals surface area contributed by atoms with Gasteiger partial charge in [0.1, 0.15) is 9.39 Å². The first-order valence-corrected chi connectivity index (χ1v) is 5.85. The van der Waals surface area contributed by atoms with Crippen molar-refractivity contribution in [2.24, 2.45) is 0 Å². The van der Waals surface area contributed by atoms with Crippen LogP contribution < -0.4 is 10.9 Å². The van der Waals surface area contributed by atoms with E-state index in [4.69, 9.17) is 0 Å². The van der Waals surface area contributed by atoms with Gasteiger partial charge in [0.15, 0.2) is 0 Å². The van der Waals surface area contributed by atoms with Gasteiger partial charge in [-0.15, -0.1) is 0 Å². The Morgan fingerprint density at radius 2 is 2.21 bits per heavy atom. The maximum Gasteiger partial charge on any atom is 0.266 e. The van der Waals surface area contributed by atoms with Gasteiger partial charge in [-0.05, 0) is 35.4 Å². The summed E-state index contributed by atoms with van der Waals surface area (Å²) >= 11 is 2.02. The first-order chi connectivity index (χ1) is 6.77. The van der Waals surface area contributed by atoms with Crippen molar-refractivity contribution in [2.75, 3.05) is 5.32 Å². The molecule has 2 rings (SSSR count). The van der Waals surface area contributed by atoms with Crippen LogP contribution in [-0.2, 0) is 0 Å². The maximum atomic E-state index is 11.3. The summed E-state index contributed by atoms with van der Waals surface area (Å²) in [4.78, 5) is 17.9. The van der Waals surface area contributed by atoms with Crippen LogP contribution in [0.5, 0.6) is 0 Å². The van der Waals surface area contributed by atoms with E-state index in [-0.39, 0.29) is 5.56 Å². The van der Waals surface area contributed by atoms with Crippen molar-refractivity contribution in [1.82, 2.24) is 9.97 Å². The van der Waals surface area contributed by atoms with Gasteiger partial charge < -0.3 is 10.3 Å². The zero-order valence-corrected chi connectivity index (χ0v) is 9.87. The van der Waals surface area contributed by atoms with Crippen LogP contribution in [0.4, 0.5) is 5.82 Å². The van der Waals surface area contributed by atoms with Gasteiger partial charge in [0, 0.05) is 6.04 Å². The number of aromatic nitrogens is 2. The Hall–Kier alpha value is -0.590. The van der Waals surface area contributed by atoms with E-state index in [9.17, 15) is 4.79 Å². The highest BCUT2D eigenvalue weighted by molar-refractivity contribution is 14.1. The third-order valence-corrected chi connectivity index (χ3v) is 3.49. The predicted octanol–water partition coefficient (Wildman–Crippen LogP) is 1.73. The first-order valence-electron chi connectivity index (χ1n) is 4.77. The summed E-state index contributed by atoms with van der Waals surface area (Å²) in [6, 6.07) is 0.498.